The van der Waals surface area contributed by atoms with Crippen LogP contribution in [0.5, 0.6) is 5.75 Å². The van der Waals surface area contributed by atoms with E-state index in [4.69, 9.17) is 27.9 Å². The van der Waals surface area contributed by atoms with Gasteiger partial charge in [-0.15, -0.1) is 0 Å². The SMILES string of the molecule is O=C(NC1CCC(NC(=O)C2Cc3cc(Cl)ccc3O2)CC1)c1cn(C2CC2)c2cc(Cl)c(F)cc2c1=O. The van der Waals surface area contributed by atoms with Crippen molar-refractivity contribution in [3.8, 4) is 5.75 Å². The summed E-state index contributed by atoms with van der Waals surface area (Å²) in [5.74, 6) is -0.632. The minimum Gasteiger partial charge on any atom is -0.480 e. The van der Waals surface area contributed by atoms with E-state index in [0.29, 0.717) is 48.4 Å². The molecule has 198 valence electrons. The third-order valence-electron chi connectivity index (χ3n) is 7.66. The number of nitrogens with one attached hydrogen (secondary N) is 2. The van der Waals surface area contributed by atoms with Crippen LogP contribution in [-0.4, -0.2) is 34.6 Å². The minimum absolute atomic E-state index is 0.000370. The van der Waals surface area contributed by atoms with Crippen LogP contribution in [0.15, 0.2) is 41.3 Å². The summed E-state index contributed by atoms with van der Waals surface area (Å²) in [6, 6.07) is 7.92. The van der Waals surface area contributed by atoms with Crippen molar-refractivity contribution >= 4 is 45.9 Å². The van der Waals surface area contributed by atoms with Crippen LogP contribution in [0.4, 0.5) is 4.39 Å². The summed E-state index contributed by atoms with van der Waals surface area (Å²) < 4.78 is 21.8. The summed E-state index contributed by atoms with van der Waals surface area (Å²) in [6.45, 7) is 0. The van der Waals surface area contributed by atoms with Crippen molar-refractivity contribution in [2.45, 2.75) is 69.2 Å². The molecule has 0 bridgehead atoms. The largest absolute Gasteiger partial charge is 0.480 e. The summed E-state index contributed by atoms with van der Waals surface area (Å²) >= 11 is 12.0. The number of rotatable bonds is 5. The summed E-state index contributed by atoms with van der Waals surface area (Å²) in [7, 11) is 0. The van der Waals surface area contributed by atoms with Crippen molar-refractivity contribution in [2.24, 2.45) is 0 Å². The van der Waals surface area contributed by atoms with Crippen molar-refractivity contribution in [3.63, 3.8) is 0 Å². The fraction of sp³-hybridized carbons (Fsp3) is 0.393. The smallest absolute Gasteiger partial charge is 0.261 e. The maximum atomic E-state index is 14.2. The van der Waals surface area contributed by atoms with Gasteiger partial charge in [0, 0.05) is 41.2 Å². The number of hydrogen-bond acceptors (Lipinski definition) is 4. The van der Waals surface area contributed by atoms with Crippen LogP contribution in [-0.2, 0) is 11.2 Å². The van der Waals surface area contributed by atoms with E-state index in [9.17, 15) is 18.8 Å². The van der Waals surface area contributed by atoms with Gasteiger partial charge in [0.2, 0.25) is 5.43 Å². The zero-order valence-corrected chi connectivity index (χ0v) is 21.9. The van der Waals surface area contributed by atoms with Gasteiger partial charge in [-0.25, -0.2) is 4.39 Å². The minimum atomic E-state index is -0.688. The lowest BCUT2D eigenvalue weighted by atomic mass is 9.90. The summed E-state index contributed by atoms with van der Waals surface area (Å²) in [5, 5.41) is 6.76. The summed E-state index contributed by atoms with van der Waals surface area (Å²) in [4.78, 5) is 39.1. The average Bonchev–Trinajstić information content (AvgIpc) is 3.64. The molecular weight excluding hydrogens is 532 g/mol. The molecule has 7 nitrogen and oxygen atoms in total. The number of carbonyl (C=O) groups is 2. The fourth-order valence-corrected chi connectivity index (χ4v) is 5.82. The van der Waals surface area contributed by atoms with Gasteiger partial charge in [0.1, 0.15) is 17.1 Å². The number of fused-ring (bicyclic) bond motifs is 2. The van der Waals surface area contributed by atoms with E-state index in [1.807, 2.05) is 10.6 Å². The lowest BCUT2D eigenvalue weighted by Gasteiger charge is -2.30. The Morgan fingerprint density at radius 3 is 2.39 bits per heavy atom. The molecule has 1 unspecified atom stereocenters. The molecule has 1 aromatic heterocycles. The number of benzene rings is 2. The van der Waals surface area contributed by atoms with Crippen LogP contribution in [0.2, 0.25) is 10.0 Å². The van der Waals surface area contributed by atoms with Crippen LogP contribution in [0.1, 0.15) is 60.5 Å². The number of aromatic nitrogens is 1. The van der Waals surface area contributed by atoms with Crippen LogP contribution in [0, 0.1) is 5.82 Å². The predicted octanol–water partition coefficient (Wildman–Crippen LogP) is 4.94. The first-order valence-electron chi connectivity index (χ1n) is 12.9. The predicted molar refractivity (Wildman–Crippen MR) is 143 cm³/mol. The Labute approximate surface area is 228 Å². The van der Waals surface area contributed by atoms with Crippen molar-refractivity contribution in [1.29, 1.82) is 0 Å². The number of carbonyl (C=O) groups excluding carboxylic acids is 2. The lowest BCUT2D eigenvalue weighted by Crippen LogP contribution is -2.47. The second kappa shape index (κ2) is 9.89. The van der Waals surface area contributed by atoms with Gasteiger partial charge in [-0.1, -0.05) is 23.2 Å². The van der Waals surface area contributed by atoms with E-state index in [-0.39, 0.29) is 40.0 Å². The van der Waals surface area contributed by atoms with E-state index in [0.717, 1.165) is 24.5 Å². The second-order valence-corrected chi connectivity index (χ2v) is 11.2. The molecule has 2 aliphatic carbocycles. The molecule has 38 heavy (non-hydrogen) atoms. The highest BCUT2D eigenvalue weighted by molar-refractivity contribution is 6.31. The fourth-order valence-electron chi connectivity index (χ4n) is 5.46. The standard InChI is InChI=1S/C28H26Cl2FN3O4/c29-15-1-8-24-14(9-15)10-25(38-24)28(37)33-17-4-2-16(3-5-17)32-27(36)20-13-34(18-6-7-18)23-12-21(30)22(31)11-19(23)26(20)35/h1,8-9,11-13,16-18,25H,2-7,10H2,(H,32,36)(H,33,37). The Hall–Kier alpha value is -3.10. The Morgan fingerprint density at radius 2 is 1.68 bits per heavy atom. The first kappa shape index (κ1) is 25.2. The molecule has 2 heterocycles. The normalized spacial score (nSPS) is 22.6. The van der Waals surface area contributed by atoms with Crippen molar-refractivity contribution in [3.05, 3.63) is 73.7 Å². The molecule has 6 rings (SSSR count). The third-order valence-corrected chi connectivity index (χ3v) is 8.18. The Balaban J connectivity index is 1.08. The number of nitrogens with zero attached hydrogens (tertiary/aromatic N) is 1. The summed E-state index contributed by atoms with van der Waals surface area (Å²) in [6.07, 6.45) is 6.02. The van der Waals surface area contributed by atoms with E-state index in [1.165, 1.54) is 6.07 Å². The quantitative estimate of drug-likeness (QED) is 0.464. The molecule has 3 aliphatic rings. The maximum absolute atomic E-state index is 14.2. The number of amides is 2. The molecule has 2 fully saturated rings. The molecule has 3 aromatic rings. The average molecular weight is 558 g/mol. The molecular formula is C28H26Cl2FN3O4. The highest BCUT2D eigenvalue weighted by atomic mass is 35.5. The Morgan fingerprint density at radius 1 is 0.974 bits per heavy atom. The van der Waals surface area contributed by atoms with Crippen LogP contribution in [0.25, 0.3) is 10.9 Å². The van der Waals surface area contributed by atoms with Gasteiger partial charge in [-0.2, -0.15) is 0 Å². The van der Waals surface area contributed by atoms with Crippen molar-refractivity contribution in [1.82, 2.24) is 15.2 Å². The third kappa shape index (κ3) is 4.87. The molecule has 0 saturated heterocycles. The molecule has 2 N–H and O–H groups in total. The first-order chi connectivity index (χ1) is 18.3. The van der Waals surface area contributed by atoms with E-state index in [2.05, 4.69) is 10.6 Å². The maximum Gasteiger partial charge on any atom is 0.261 e. The zero-order valence-electron chi connectivity index (χ0n) is 20.4. The summed E-state index contributed by atoms with van der Waals surface area (Å²) in [5.41, 5.74) is 0.947. The molecule has 1 atom stereocenters. The molecule has 1 aliphatic heterocycles. The number of halogens is 3. The molecule has 10 heteroatoms. The topological polar surface area (TPSA) is 89.4 Å². The van der Waals surface area contributed by atoms with Gasteiger partial charge in [0.25, 0.3) is 11.8 Å². The van der Waals surface area contributed by atoms with E-state index < -0.39 is 23.3 Å². The lowest BCUT2D eigenvalue weighted by molar-refractivity contribution is -0.128. The Kier molecular flexibility index (Phi) is 6.56. The highest BCUT2D eigenvalue weighted by Gasteiger charge is 2.32. The molecule has 2 aromatic carbocycles. The van der Waals surface area contributed by atoms with Gasteiger partial charge in [0.15, 0.2) is 6.10 Å². The Bertz CT molecular complexity index is 1510. The van der Waals surface area contributed by atoms with Gasteiger partial charge < -0.3 is 19.9 Å². The molecule has 0 spiro atoms. The zero-order chi connectivity index (χ0) is 26.6. The molecule has 0 radical (unpaired) electrons. The molecule has 2 amide bonds. The van der Waals surface area contributed by atoms with Crippen LogP contribution in [0.3, 0.4) is 0 Å². The number of pyridine rings is 1. The number of ether oxygens (including phenoxy) is 1. The van der Waals surface area contributed by atoms with Gasteiger partial charge >= 0.3 is 0 Å². The van der Waals surface area contributed by atoms with E-state index in [1.54, 1.807) is 18.3 Å². The van der Waals surface area contributed by atoms with Gasteiger partial charge in [-0.3, -0.25) is 14.4 Å². The highest BCUT2D eigenvalue weighted by Crippen LogP contribution is 2.38. The first-order valence-corrected chi connectivity index (χ1v) is 13.6. The number of hydrogen-bond donors (Lipinski definition) is 2. The van der Waals surface area contributed by atoms with Crippen LogP contribution >= 0.6 is 23.2 Å². The van der Waals surface area contributed by atoms with E-state index >= 15 is 0 Å². The van der Waals surface area contributed by atoms with Crippen molar-refractivity contribution in [2.75, 3.05) is 0 Å². The van der Waals surface area contributed by atoms with Gasteiger partial charge in [0.05, 0.1) is 10.5 Å². The van der Waals surface area contributed by atoms with Crippen molar-refractivity contribution < 1.29 is 18.7 Å². The molecule has 2 saturated carbocycles. The monoisotopic (exact) mass is 557 g/mol. The second-order valence-electron chi connectivity index (χ2n) is 10.4. The van der Waals surface area contributed by atoms with Gasteiger partial charge in [-0.05, 0) is 74.4 Å². The van der Waals surface area contributed by atoms with Crippen LogP contribution < -0.4 is 20.8 Å².